The summed E-state index contributed by atoms with van der Waals surface area (Å²) in [6, 6.07) is -0.123. The van der Waals surface area contributed by atoms with Gasteiger partial charge in [0.2, 0.25) is 5.91 Å². The zero-order chi connectivity index (χ0) is 9.97. The van der Waals surface area contributed by atoms with E-state index in [9.17, 15) is 4.79 Å². The standard InChI is InChI=1S/C10H18N2O2/c1-8-9(11-4-7-14-8)10(13)12-5-2-3-6-12/h8-9,11H,2-7H2,1H3/t8-,9+/m1/s1. The first-order chi connectivity index (χ1) is 6.79. The largest absolute Gasteiger partial charge is 0.375 e. The van der Waals surface area contributed by atoms with Gasteiger partial charge < -0.3 is 15.0 Å². The van der Waals surface area contributed by atoms with Gasteiger partial charge in [0.05, 0.1) is 12.7 Å². The number of amides is 1. The Hall–Kier alpha value is -0.610. The molecule has 2 fully saturated rings. The van der Waals surface area contributed by atoms with Crippen molar-refractivity contribution in [3.8, 4) is 0 Å². The van der Waals surface area contributed by atoms with Crippen LogP contribution in [0.2, 0.25) is 0 Å². The highest BCUT2D eigenvalue weighted by Gasteiger charge is 2.32. The molecule has 1 amide bonds. The first-order valence-electron chi connectivity index (χ1n) is 5.43. The molecule has 2 aliphatic rings. The first kappa shape index (κ1) is 9.93. The van der Waals surface area contributed by atoms with Gasteiger partial charge in [-0.3, -0.25) is 4.79 Å². The van der Waals surface area contributed by atoms with Crippen molar-refractivity contribution in [2.24, 2.45) is 0 Å². The number of carbonyl (C=O) groups excluding carboxylic acids is 1. The van der Waals surface area contributed by atoms with Crippen LogP contribution in [0, 0.1) is 0 Å². The Morgan fingerprint density at radius 3 is 2.79 bits per heavy atom. The molecule has 2 rings (SSSR count). The Balaban J connectivity index is 1.94. The molecule has 1 N–H and O–H groups in total. The van der Waals surface area contributed by atoms with E-state index in [1.807, 2.05) is 11.8 Å². The van der Waals surface area contributed by atoms with E-state index >= 15 is 0 Å². The highest BCUT2D eigenvalue weighted by atomic mass is 16.5. The fourth-order valence-corrected chi connectivity index (χ4v) is 2.14. The summed E-state index contributed by atoms with van der Waals surface area (Å²) in [6.07, 6.45) is 2.30. The van der Waals surface area contributed by atoms with Gasteiger partial charge in [0.15, 0.2) is 0 Å². The highest BCUT2D eigenvalue weighted by molar-refractivity contribution is 5.82. The van der Waals surface area contributed by atoms with Crippen molar-refractivity contribution >= 4 is 5.91 Å². The maximum Gasteiger partial charge on any atom is 0.242 e. The molecule has 4 heteroatoms. The molecule has 0 aliphatic carbocycles. The van der Waals surface area contributed by atoms with E-state index in [2.05, 4.69) is 5.32 Å². The molecule has 2 saturated heterocycles. The average molecular weight is 198 g/mol. The molecule has 2 aliphatic heterocycles. The molecule has 0 aromatic rings. The fourth-order valence-electron chi connectivity index (χ4n) is 2.14. The molecule has 0 spiro atoms. The number of hydrogen-bond donors (Lipinski definition) is 1. The van der Waals surface area contributed by atoms with Crippen LogP contribution < -0.4 is 5.32 Å². The van der Waals surface area contributed by atoms with Gasteiger partial charge in [0.25, 0.3) is 0 Å². The Morgan fingerprint density at radius 2 is 2.14 bits per heavy atom. The summed E-state index contributed by atoms with van der Waals surface area (Å²) in [5.74, 6) is 0.217. The zero-order valence-corrected chi connectivity index (χ0v) is 8.66. The third kappa shape index (κ3) is 1.91. The van der Waals surface area contributed by atoms with Crippen molar-refractivity contribution in [2.75, 3.05) is 26.2 Å². The summed E-state index contributed by atoms with van der Waals surface area (Å²) >= 11 is 0. The Kier molecular flexibility index (Phi) is 3.03. The third-order valence-electron chi connectivity index (χ3n) is 3.00. The number of likely N-dealkylation sites (tertiary alicyclic amines) is 1. The predicted molar refractivity (Wildman–Crippen MR) is 53.0 cm³/mol. The number of rotatable bonds is 1. The van der Waals surface area contributed by atoms with Gasteiger partial charge in [-0.05, 0) is 19.8 Å². The molecule has 0 aromatic carbocycles. The van der Waals surface area contributed by atoms with E-state index in [0.29, 0.717) is 6.61 Å². The van der Waals surface area contributed by atoms with E-state index in [4.69, 9.17) is 4.74 Å². The monoisotopic (exact) mass is 198 g/mol. The second kappa shape index (κ2) is 4.28. The van der Waals surface area contributed by atoms with Crippen molar-refractivity contribution < 1.29 is 9.53 Å². The number of ether oxygens (including phenoxy) is 1. The molecule has 80 valence electrons. The van der Waals surface area contributed by atoms with E-state index in [0.717, 1.165) is 32.5 Å². The molecule has 4 nitrogen and oxygen atoms in total. The fraction of sp³-hybridized carbons (Fsp3) is 0.900. The van der Waals surface area contributed by atoms with Gasteiger partial charge in [0, 0.05) is 19.6 Å². The van der Waals surface area contributed by atoms with Gasteiger partial charge in [-0.2, -0.15) is 0 Å². The van der Waals surface area contributed by atoms with Crippen LogP contribution >= 0.6 is 0 Å². The summed E-state index contributed by atoms with van der Waals surface area (Å²) < 4.78 is 5.46. The molecule has 0 aromatic heterocycles. The number of nitrogens with one attached hydrogen (secondary N) is 1. The molecular formula is C10H18N2O2. The average Bonchev–Trinajstić information content (AvgIpc) is 2.70. The minimum atomic E-state index is -0.123. The maximum atomic E-state index is 12.0. The second-order valence-corrected chi connectivity index (χ2v) is 4.04. The lowest BCUT2D eigenvalue weighted by atomic mass is 10.1. The topological polar surface area (TPSA) is 41.6 Å². The lowest BCUT2D eigenvalue weighted by molar-refractivity contribution is -0.138. The van der Waals surface area contributed by atoms with Crippen molar-refractivity contribution in [2.45, 2.75) is 31.9 Å². The summed E-state index contributed by atoms with van der Waals surface area (Å²) in [5, 5.41) is 3.23. The van der Waals surface area contributed by atoms with Gasteiger partial charge in [-0.25, -0.2) is 0 Å². The van der Waals surface area contributed by atoms with Gasteiger partial charge in [0.1, 0.15) is 6.04 Å². The van der Waals surface area contributed by atoms with Gasteiger partial charge >= 0.3 is 0 Å². The predicted octanol–water partition coefficient (Wildman–Crippen LogP) is -0.0143. The minimum absolute atomic E-state index is 0.0110. The van der Waals surface area contributed by atoms with Crippen molar-refractivity contribution in [1.29, 1.82) is 0 Å². The van der Waals surface area contributed by atoms with Crippen LogP contribution in [0.4, 0.5) is 0 Å². The van der Waals surface area contributed by atoms with Gasteiger partial charge in [-0.15, -0.1) is 0 Å². The summed E-state index contributed by atoms with van der Waals surface area (Å²) in [4.78, 5) is 13.9. The van der Waals surface area contributed by atoms with Crippen LogP contribution in [-0.4, -0.2) is 49.2 Å². The summed E-state index contributed by atoms with van der Waals surface area (Å²) in [5.41, 5.74) is 0. The van der Waals surface area contributed by atoms with E-state index in [-0.39, 0.29) is 18.1 Å². The molecule has 0 bridgehead atoms. The minimum Gasteiger partial charge on any atom is -0.375 e. The number of nitrogens with zero attached hydrogens (tertiary/aromatic N) is 1. The smallest absolute Gasteiger partial charge is 0.242 e. The molecule has 0 saturated carbocycles. The summed E-state index contributed by atoms with van der Waals surface area (Å²) in [7, 11) is 0. The summed E-state index contributed by atoms with van der Waals surface area (Å²) in [6.45, 7) is 5.30. The first-order valence-corrected chi connectivity index (χ1v) is 5.43. The Bertz CT molecular complexity index is 214. The molecule has 0 unspecified atom stereocenters. The lowest BCUT2D eigenvalue weighted by Crippen LogP contribution is -2.55. The van der Waals surface area contributed by atoms with Crippen LogP contribution in [0.1, 0.15) is 19.8 Å². The van der Waals surface area contributed by atoms with Crippen LogP contribution in [-0.2, 0) is 9.53 Å². The third-order valence-corrected chi connectivity index (χ3v) is 3.00. The SMILES string of the molecule is C[C@H]1OCCN[C@@H]1C(=O)N1CCCC1. The van der Waals surface area contributed by atoms with Gasteiger partial charge in [-0.1, -0.05) is 0 Å². The number of carbonyl (C=O) groups is 1. The van der Waals surface area contributed by atoms with Crippen molar-refractivity contribution in [3.05, 3.63) is 0 Å². The van der Waals surface area contributed by atoms with Crippen molar-refractivity contribution in [3.63, 3.8) is 0 Å². The van der Waals surface area contributed by atoms with Crippen LogP contribution in [0.15, 0.2) is 0 Å². The van der Waals surface area contributed by atoms with Crippen LogP contribution in [0.5, 0.6) is 0 Å². The number of morpholine rings is 1. The number of hydrogen-bond acceptors (Lipinski definition) is 3. The second-order valence-electron chi connectivity index (χ2n) is 4.04. The Morgan fingerprint density at radius 1 is 1.43 bits per heavy atom. The normalized spacial score (nSPS) is 33.4. The van der Waals surface area contributed by atoms with E-state index in [1.54, 1.807) is 0 Å². The lowest BCUT2D eigenvalue weighted by Gasteiger charge is -2.32. The van der Waals surface area contributed by atoms with E-state index < -0.39 is 0 Å². The quantitative estimate of drug-likeness (QED) is 0.644. The van der Waals surface area contributed by atoms with Crippen LogP contribution in [0.25, 0.3) is 0 Å². The zero-order valence-electron chi connectivity index (χ0n) is 8.66. The van der Waals surface area contributed by atoms with Crippen LogP contribution in [0.3, 0.4) is 0 Å². The van der Waals surface area contributed by atoms with Crippen molar-refractivity contribution in [1.82, 2.24) is 10.2 Å². The molecule has 2 heterocycles. The van der Waals surface area contributed by atoms with E-state index in [1.165, 1.54) is 0 Å². The Labute approximate surface area is 84.6 Å². The molecular weight excluding hydrogens is 180 g/mol. The molecule has 0 radical (unpaired) electrons. The highest BCUT2D eigenvalue weighted by Crippen LogP contribution is 2.13. The maximum absolute atomic E-state index is 12.0. The molecule has 2 atom stereocenters. The molecule has 14 heavy (non-hydrogen) atoms.